The third-order valence-corrected chi connectivity index (χ3v) is 2.71. The van der Waals surface area contributed by atoms with Crippen LogP contribution in [0.25, 0.3) is 0 Å². The van der Waals surface area contributed by atoms with E-state index in [2.05, 4.69) is 36.3 Å². The number of nitrogens with zero attached hydrogens (tertiary/aromatic N) is 2. The van der Waals surface area contributed by atoms with E-state index in [0.29, 0.717) is 18.4 Å². The summed E-state index contributed by atoms with van der Waals surface area (Å²) in [5.41, 5.74) is 0.0884. The first-order chi connectivity index (χ1) is 7.04. The maximum absolute atomic E-state index is 5.60. The molecule has 4 heteroatoms. The van der Waals surface area contributed by atoms with Crippen LogP contribution in [0.3, 0.4) is 0 Å². The summed E-state index contributed by atoms with van der Waals surface area (Å²) in [7, 11) is 0. The lowest BCUT2D eigenvalue weighted by Crippen LogP contribution is -2.35. The fourth-order valence-electron chi connectivity index (χ4n) is 1.50. The van der Waals surface area contributed by atoms with Gasteiger partial charge in [0.2, 0.25) is 11.8 Å². The smallest absolute Gasteiger partial charge is 0.230 e. The van der Waals surface area contributed by atoms with Crippen LogP contribution in [0.2, 0.25) is 0 Å². The van der Waals surface area contributed by atoms with Crippen LogP contribution in [0.1, 0.15) is 57.7 Å². The molecule has 0 unspecified atom stereocenters. The second kappa shape index (κ2) is 3.93. The minimum absolute atomic E-state index is 0.0884. The quantitative estimate of drug-likeness (QED) is 0.829. The first kappa shape index (κ1) is 10.6. The van der Waals surface area contributed by atoms with Crippen LogP contribution in [-0.2, 0) is 6.54 Å². The molecule has 1 aliphatic carbocycles. The Hall–Kier alpha value is -0.900. The largest absolute Gasteiger partial charge is 0.424 e. The monoisotopic (exact) mass is 209 g/mol. The molecule has 0 saturated heterocycles. The zero-order valence-corrected chi connectivity index (χ0v) is 9.71. The molecular weight excluding hydrogens is 190 g/mol. The number of rotatable bonds is 3. The molecule has 0 atom stereocenters. The first-order valence-electron chi connectivity index (χ1n) is 5.62. The zero-order chi connectivity index (χ0) is 10.9. The third kappa shape index (κ3) is 2.78. The molecule has 4 nitrogen and oxygen atoms in total. The molecule has 0 radical (unpaired) electrons. The SMILES string of the molecule is CC(C)(C)NCc1nnc(C2CCC2)o1. The second-order valence-corrected chi connectivity index (χ2v) is 5.27. The average Bonchev–Trinajstić information content (AvgIpc) is 2.45. The van der Waals surface area contributed by atoms with E-state index in [4.69, 9.17) is 4.42 Å². The summed E-state index contributed by atoms with van der Waals surface area (Å²) in [6.45, 7) is 7.02. The molecule has 1 aromatic heterocycles. The number of hydrogen-bond donors (Lipinski definition) is 1. The predicted octanol–water partition coefficient (Wildman–Crippen LogP) is 2.23. The lowest BCUT2D eigenvalue weighted by molar-refractivity contribution is 0.313. The fourth-order valence-corrected chi connectivity index (χ4v) is 1.50. The van der Waals surface area contributed by atoms with Crippen LogP contribution in [0.5, 0.6) is 0 Å². The van der Waals surface area contributed by atoms with E-state index >= 15 is 0 Å². The van der Waals surface area contributed by atoms with Gasteiger partial charge in [-0.3, -0.25) is 0 Å². The Morgan fingerprint density at radius 1 is 1.33 bits per heavy atom. The highest BCUT2D eigenvalue weighted by Gasteiger charge is 2.25. The van der Waals surface area contributed by atoms with Gasteiger partial charge in [0.05, 0.1) is 6.54 Å². The highest BCUT2D eigenvalue weighted by molar-refractivity contribution is 4.96. The van der Waals surface area contributed by atoms with E-state index in [-0.39, 0.29) is 5.54 Å². The summed E-state index contributed by atoms with van der Waals surface area (Å²) >= 11 is 0. The molecule has 1 N–H and O–H groups in total. The van der Waals surface area contributed by atoms with Gasteiger partial charge in [0, 0.05) is 11.5 Å². The van der Waals surface area contributed by atoms with Gasteiger partial charge in [-0.05, 0) is 33.6 Å². The maximum Gasteiger partial charge on any atom is 0.230 e. The van der Waals surface area contributed by atoms with Gasteiger partial charge in [-0.15, -0.1) is 10.2 Å². The van der Waals surface area contributed by atoms with Gasteiger partial charge in [-0.2, -0.15) is 0 Å². The van der Waals surface area contributed by atoms with Gasteiger partial charge < -0.3 is 9.73 Å². The van der Waals surface area contributed by atoms with Crippen LogP contribution in [0, 0.1) is 0 Å². The van der Waals surface area contributed by atoms with Crippen molar-refractivity contribution in [2.24, 2.45) is 0 Å². The summed E-state index contributed by atoms with van der Waals surface area (Å²) in [5.74, 6) is 2.06. The molecule has 15 heavy (non-hydrogen) atoms. The second-order valence-electron chi connectivity index (χ2n) is 5.27. The first-order valence-corrected chi connectivity index (χ1v) is 5.62. The van der Waals surface area contributed by atoms with E-state index in [1.165, 1.54) is 19.3 Å². The van der Waals surface area contributed by atoms with Gasteiger partial charge >= 0.3 is 0 Å². The number of aromatic nitrogens is 2. The van der Waals surface area contributed by atoms with Crippen molar-refractivity contribution in [3.05, 3.63) is 11.8 Å². The highest BCUT2D eigenvalue weighted by atomic mass is 16.4. The summed E-state index contributed by atoms with van der Waals surface area (Å²) in [6.07, 6.45) is 3.70. The molecule has 0 amide bonds. The van der Waals surface area contributed by atoms with E-state index in [1.54, 1.807) is 0 Å². The van der Waals surface area contributed by atoms with Crippen LogP contribution >= 0.6 is 0 Å². The van der Waals surface area contributed by atoms with Crippen molar-refractivity contribution < 1.29 is 4.42 Å². The molecule has 1 aliphatic rings. The highest BCUT2D eigenvalue weighted by Crippen LogP contribution is 2.35. The van der Waals surface area contributed by atoms with Gasteiger partial charge in [0.25, 0.3) is 0 Å². The van der Waals surface area contributed by atoms with Crippen LogP contribution in [0.15, 0.2) is 4.42 Å². The Kier molecular flexibility index (Phi) is 2.78. The van der Waals surface area contributed by atoms with Crippen LogP contribution in [0.4, 0.5) is 0 Å². The van der Waals surface area contributed by atoms with Crippen molar-refractivity contribution in [2.45, 2.75) is 58.0 Å². The average molecular weight is 209 g/mol. The Morgan fingerprint density at radius 3 is 2.60 bits per heavy atom. The van der Waals surface area contributed by atoms with Crippen molar-refractivity contribution in [1.29, 1.82) is 0 Å². The van der Waals surface area contributed by atoms with E-state index in [0.717, 1.165) is 5.89 Å². The van der Waals surface area contributed by atoms with Gasteiger partial charge in [0.15, 0.2) is 0 Å². The number of hydrogen-bond acceptors (Lipinski definition) is 4. The lowest BCUT2D eigenvalue weighted by Gasteiger charge is -2.21. The Morgan fingerprint density at radius 2 is 2.07 bits per heavy atom. The standard InChI is InChI=1S/C11H19N3O/c1-11(2,3)12-7-9-13-14-10(15-9)8-5-4-6-8/h8,12H,4-7H2,1-3H3. The Balaban J connectivity index is 1.89. The molecule has 1 heterocycles. The minimum Gasteiger partial charge on any atom is -0.424 e. The molecule has 0 aromatic carbocycles. The molecule has 1 fully saturated rings. The van der Waals surface area contributed by atoms with Crippen molar-refractivity contribution >= 4 is 0 Å². The molecule has 1 saturated carbocycles. The normalized spacial score (nSPS) is 17.8. The summed E-state index contributed by atoms with van der Waals surface area (Å²) < 4.78 is 5.60. The van der Waals surface area contributed by atoms with Crippen molar-refractivity contribution in [1.82, 2.24) is 15.5 Å². The van der Waals surface area contributed by atoms with Gasteiger partial charge in [-0.25, -0.2) is 0 Å². The molecule has 0 spiro atoms. The van der Waals surface area contributed by atoms with E-state index < -0.39 is 0 Å². The summed E-state index contributed by atoms with van der Waals surface area (Å²) in [5, 5.41) is 11.5. The molecular formula is C11H19N3O. The van der Waals surface area contributed by atoms with Gasteiger partial charge in [0.1, 0.15) is 0 Å². The maximum atomic E-state index is 5.60. The predicted molar refractivity (Wildman–Crippen MR) is 57.5 cm³/mol. The molecule has 1 aromatic rings. The molecule has 84 valence electrons. The van der Waals surface area contributed by atoms with Gasteiger partial charge in [-0.1, -0.05) is 6.42 Å². The molecule has 0 bridgehead atoms. The summed E-state index contributed by atoms with van der Waals surface area (Å²) in [6, 6.07) is 0. The van der Waals surface area contributed by atoms with Crippen molar-refractivity contribution in [3.8, 4) is 0 Å². The van der Waals surface area contributed by atoms with Crippen LogP contribution < -0.4 is 5.32 Å². The fraction of sp³-hybridized carbons (Fsp3) is 0.818. The van der Waals surface area contributed by atoms with Crippen LogP contribution in [-0.4, -0.2) is 15.7 Å². The minimum atomic E-state index is 0.0884. The van der Waals surface area contributed by atoms with E-state index in [9.17, 15) is 0 Å². The Labute approximate surface area is 90.5 Å². The number of nitrogens with one attached hydrogen (secondary N) is 1. The Bertz CT molecular complexity index is 323. The van der Waals surface area contributed by atoms with E-state index in [1.807, 2.05) is 0 Å². The molecule has 0 aliphatic heterocycles. The third-order valence-electron chi connectivity index (χ3n) is 2.71. The zero-order valence-electron chi connectivity index (χ0n) is 9.71. The van der Waals surface area contributed by atoms with Crippen molar-refractivity contribution in [2.75, 3.05) is 0 Å². The molecule has 2 rings (SSSR count). The summed E-state index contributed by atoms with van der Waals surface area (Å²) in [4.78, 5) is 0. The topological polar surface area (TPSA) is 51.0 Å². The lowest BCUT2D eigenvalue weighted by atomic mass is 9.85. The van der Waals surface area contributed by atoms with Crippen molar-refractivity contribution in [3.63, 3.8) is 0 Å².